The number of aromatic hydroxyl groups is 1. The number of hydrogen-bond donors (Lipinski definition) is 2. The van der Waals surface area contributed by atoms with E-state index >= 15 is 0 Å². The third kappa shape index (κ3) is 4.70. The van der Waals surface area contributed by atoms with Gasteiger partial charge in [0.2, 0.25) is 5.91 Å². The van der Waals surface area contributed by atoms with Crippen LogP contribution in [0.2, 0.25) is 0 Å². The zero-order valence-corrected chi connectivity index (χ0v) is 12.2. The van der Waals surface area contributed by atoms with E-state index in [2.05, 4.69) is 11.9 Å². The summed E-state index contributed by atoms with van der Waals surface area (Å²) in [7, 11) is -3.47. The molecule has 0 saturated carbocycles. The van der Waals surface area contributed by atoms with Crippen LogP contribution in [0.4, 0.5) is 0 Å². The summed E-state index contributed by atoms with van der Waals surface area (Å²) in [6, 6.07) is 6.63. The second kappa shape index (κ2) is 7.09. The van der Waals surface area contributed by atoms with Gasteiger partial charge in [-0.2, -0.15) is 0 Å². The van der Waals surface area contributed by atoms with Crippen LogP contribution in [-0.4, -0.2) is 37.0 Å². The van der Waals surface area contributed by atoms with Gasteiger partial charge in [0, 0.05) is 6.54 Å². The van der Waals surface area contributed by atoms with Gasteiger partial charge in [-0.25, -0.2) is 8.42 Å². The lowest BCUT2D eigenvalue weighted by Crippen LogP contribution is -2.39. The maximum absolute atomic E-state index is 11.7. The molecule has 0 aliphatic rings. The molecule has 1 unspecified atom stereocenters. The van der Waals surface area contributed by atoms with Crippen LogP contribution in [0.25, 0.3) is 0 Å². The average Bonchev–Trinajstić information content (AvgIpc) is 2.40. The Morgan fingerprint density at radius 3 is 2.55 bits per heavy atom. The lowest BCUT2D eigenvalue weighted by Gasteiger charge is -2.12. The van der Waals surface area contributed by atoms with Gasteiger partial charge in [0.1, 0.15) is 11.0 Å². The number of sulfone groups is 1. The van der Waals surface area contributed by atoms with E-state index in [4.69, 9.17) is 5.11 Å². The molecule has 1 amide bonds. The molecule has 0 aliphatic heterocycles. The Morgan fingerprint density at radius 2 is 2.00 bits per heavy atom. The molecular weight excluding hydrogens is 278 g/mol. The molecular formula is C14H19NO4S. The fourth-order valence-corrected chi connectivity index (χ4v) is 2.63. The molecule has 0 bridgehead atoms. The molecule has 0 radical (unpaired) electrons. The summed E-state index contributed by atoms with van der Waals surface area (Å²) in [5.74, 6) is -0.535. The van der Waals surface area contributed by atoms with E-state index < -0.39 is 21.0 Å². The molecule has 1 aromatic carbocycles. The number of rotatable bonds is 7. The van der Waals surface area contributed by atoms with Crippen molar-refractivity contribution in [2.24, 2.45) is 0 Å². The molecule has 5 nitrogen and oxygen atoms in total. The van der Waals surface area contributed by atoms with E-state index in [9.17, 15) is 13.2 Å². The summed E-state index contributed by atoms with van der Waals surface area (Å²) in [6.45, 7) is 5.08. The third-order valence-electron chi connectivity index (χ3n) is 2.91. The number of nitrogens with one attached hydrogen (secondary N) is 1. The van der Waals surface area contributed by atoms with Gasteiger partial charge in [0.25, 0.3) is 0 Å². The Kier molecular flexibility index (Phi) is 5.76. The van der Waals surface area contributed by atoms with Gasteiger partial charge < -0.3 is 10.4 Å². The van der Waals surface area contributed by atoms with E-state index in [1.54, 1.807) is 24.3 Å². The molecule has 110 valence electrons. The summed E-state index contributed by atoms with van der Waals surface area (Å²) < 4.78 is 23.4. The molecule has 0 fully saturated rings. The van der Waals surface area contributed by atoms with Crippen LogP contribution >= 0.6 is 0 Å². The number of carbonyl (C=O) groups excluding carboxylic acids is 1. The van der Waals surface area contributed by atoms with Gasteiger partial charge in [-0.05, 0) is 31.0 Å². The minimum atomic E-state index is -3.47. The van der Waals surface area contributed by atoms with E-state index in [0.29, 0.717) is 13.0 Å². The molecule has 0 saturated heterocycles. The van der Waals surface area contributed by atoms with Gasteiger partial charge in [0.05, 0.1) is 5.75 Å². The molecule has 0 aliphatic carbocycles. The molecule has 0 spiro atoms. The minimum absolute atomic E-state index is 0.182. The second-order valence-electron chi connectivity index (χ2n) is 4.47. The summed E-state index contributed by atoms with van der Waals surface area (Å²) in [5.41, 5.74) is 0.949. The highest BCUT2D eigenvalue weighted by molar-refractivity contribution is 7.92. The van der Waals surface area contributed by atoms with Crippen LogP contribution in [0.15, 0.2) is 36.9 Å². The van der Waals surface area contributed by atoms with E-state index in [0.717, 1.165) is 5.56 Å². The van der Waals surface area contributed by atoms with Crippen molar-refractivity contribution in [1.82, 2.24) is 5.32 Å². The van der Waals surface area contributed by atoms with Gasteiger partial charge in [-0.1, -0.05) is 18.2 Å². The fraction of sp³-hybridized carbons (Fsp3) is 0.357. The van der Waals surface area contributed by atoms with Crippen LogP contribution in [0.1, 0.15) is 12.5 Å². The van der Waals surface area contributed by atoms with Gasteiger partial charge >= 0.3 is 0 Å². The van der Waals surface area contributed by atoms with E-state index in [1.807, 2.05) is 0 Å². The standard InChI is InChI=1S/C14H19NO4S/c1-3-10-20(18,19)11(2)14(17)15-9-8-12-4-6-13(16)7-5-12/h3-7,11,16H,1,8-10H2,2H3,(H,15,17). The Labute approximate surface area is 119 Å². The highest BCUT2D eigenvalue weighted by atomic mass is 32.2. The quantitative estimate of drug-likeness (QED) is 0.737. The lowest BCUT2D eigenvalue weighted by molar-refractivity contribution is -0.120. The van der Waals surface area contributed by atoms with Crippen molar-refractivity contribution in [2.75, 3.05) is 12.3 Å². The lowest BCUT2D eigenvalue weighted by atomic mass is 10.1. The maximum atomic E-state index is 11.7. The summed E-state index contributed by atoms with van der Waals surface area (Å²) >= 11 is 0. The second-order valence-corrected chi connectivity index (χ2v) is 6.83. The van der Waals surface area contributed by atoms with E-state index in [-0.39, 0.29) is 11.5 Å². The molecule has 2 N–H and O–H groups in total. The highest BCUT2D eigenvalue weighted by Gasteiger charge is 2.26. The first-order chi connectivity index (χ1) is 9.36. The first-order valence-corrected chi connectivity index (χ1v) is 7.96. The SMILES string of the molecule is C=CCS(=O)(=O)C(C)C(=O)NCCc1ccc(O)cc1. The Hall–Kier alpha value is -1.82. The summed E-state index contributed by atoms with van der Waals surface area (Å²) in [5, 5.41) is 10.7. The zero-order valence-electron chi connectivity index (χ0n) is 11.4. The van der Waals surface area contributed by atoms with Crippen molar-refractivity contribution in [3.8, 4) is 5.75 Å². The van der Waals surface area contributed by atoms with Crippen LogP contribution in [0.3, 0.4) is 0 Å². The molecule has 0 heterocycles. The van der Waals surface area contributed by atoms with Gasteiger partial charge in [-0.3, -0.25) is 4.79 Å². The summed E-state index contributed by atoms with van der Waals surface area (Å²) in [6.07, 6.45) is 1.84. The van der Waals surface area contributed by atoms with E-state index in [1.165, 1.54) is 13.0 Å². The first kappa shape index (κ1) is 16.2. The number of carbonyl (C=O) groups is 1. The van der Waals surface area contributed by atoms with Crippen molar-refractivity contribution >= 4 is 15.7 Å². The first-order valence-electron chi connectivity index (χ1n) is 6.25. The predicted molar refractivity (Wildman–Crippen MR) is 78.3 cm³/mol. The van der Waals surface area contributed by atoms with Crippen LogP contribution in [-0.2, 0) is 21.1 Å². The van der Waals surface area contributed by atoms with Crippen molar-refractivity contribution in [1.29, 1.82) is 0 Å². The average molecular weight is 297 g/mol. The van der Waals surface area contributed by atoms with Crippen molar-refractivity contribution in [3.63, 3.8) is 0 Å². The number of hydrogen-bond acceptors (Lipinski definition) is 4. The predicted octanol–water partition coefficient (Wildman–Crippen LogP) is 1.04. The Balaban J connectivity index is 2.47. The number of phenols is 1. The molecule has 1 rings (SSSR count). The third-order valence-corrected chi connectivity index (χ3v) is 4.90. The zero-order chi connectivity index (χ0) is 15.2. The topological polar surface area (TPSA) is 83.5 Å². The van der Waals surface area contributed by atoms with Crippen LogP contribution < -0.4 is 5.32 Å². The number of amides is 1. The monoisotopic (exact) mass is 297 g/mol. The van der Waals surface area contributed by atoms with Crippen molar-refractivity contribution in [3.05, 3.63) is 42.5 Å². The molecule has 6 heteroatoms. The minimum Gasteiger partial charge on any atom is -0.508 e. The van der Waals surface area contributed by atoms with Crippen LogP contribution in [0, 0.1) is 0 Å². The Bertz CT molecular complexity index is 563. The molecule has 1 aromatic rings. The molecule has 20 heavy (non-hydrogen) atoms. The number of phenolic OH excluding ortho intramolecular Hbond substituents is 1. The van der Waals surface area contributed by atoms with Gasteiger partial charge in [0.15, 0.2) is 9.84 Å². The highest BCUT2D eigenvalue weighted by Crippen LogP contribution is 2.09. The van der Waals surface area contributed by atoms with Gasteiger partial charge in [-0.15, -0.1) is 6.58 Å². The summed E-state index contributed by atoms with van der Waals surface area (Å²) in [4.78, 5) is 11.7. The largest absolute Gasteiger partial charge is 0.508 e. The smallest absolute Gasteiger partial charge is 0.238 e. The maximum Gasteiger partial charge on any atom is 0.238 e. The van der Waals surface area contributed by atoms with Crippen molar-refractivity contribution in [2.45, 2.75) is 18.6 Å². The van der Waals surface area contributed by atoms with Crippen molar-refractivity contribution < 1.29 is 18.3 Å². The number of benzene rings is 1. The molecule has 0 aromatic heterocycles. The fourth-order valence-electron chi connectivity index (χ4n) is 1.61. The van der Waals surface area contributed by atoms with Crippen LogP contribution in [0.5, 0.6) is 5.75 Å². The molecule has 1 atom stereocenters. The Morgan fingerprint density at radius 1 is 1.40 bits per heavy atom. The normalized spacial score (nSPS) is 12.7.